The highest BCUT2D eigenvalue weighted by atomic mass is 32.1. The minimum absolute atomic E-state index is 0.0909. The number of nitrogens with zero attached hydrogens (tertiary/aromatic N) is 1. The third-order valence-corrected chi connectivity index (χ3v) is 5.15. The smallest absolute Gasteiger partial charge is 0.229 e. The molecular formula is C18H22N2O3S. The van der Waals surface area contributed by atoms with Crippen LogP contribution >= 0.6 is 11.3 Å². The topological polar surface area (TPSA) is 60.5 Å². The summed E-state index contributed by atoms with van der Waals surface area (Å²) in [4.78, 5) is 16.9. The van der Waals surface area contributed by atoms with Gasteiger partial charge in [-0.3, -0.25) is 4.79 Å². The van der Waals surface area contributed by atoms with E-state index in [9.17, 15) is 4.79 Å². The molecule has 1 saturated carbocycles. The number of hydrogen-bond acceptors (Lipinski definition) is 5. The largest absolute Gasteiger partial charge is 0.497 e. The molecule has 1 aliphatic carbocycles. The normalized spacial score (nSPS) is 15.1. The van der Waals surface area contributed by atoms with E-state index in [1.54, 1.807) is 14.2 Å². The van der Waals surface area contributed by atoms with Gasteiger partial charge in [0.2, 0.25) is 5.91 Å². The van der Waals surface area contributed by atoms with E-state index in [0.717, 1.165) is 48.4 Å². The Balaban J connectivity index is 1.76. The highest BCUT2D eigenvalue weighted by Crippen LogP contribution is 2.35. The van der Waals surface area contributed by atoms with E-state index >= 15 is 0 Å². The van der Waals surface area contributed by atoms with Gasteiger partial charge in [0.1, 0.15) is 11.5 Å². The fraction of sp³-hybridized carbons (Fsp3) is 0.444. The Hall–Kier alpha value is -2.08. The molecule has 0 saturated heterocycles. The van der Waals surface area contributed by atoms with E-state index in [0.29, 0.717) is 5.13 Å². The molecule has 1 heterocycles. The van der Waals surface area contributed by atoms with Gasteiger partial charge >= 0.3 is 0 Å². The van der Waals surface area contributed by atoms with Crippen LogP contribution in [0.5, 0.6) is 11.5 Å². The van der Waals surface area contributed by atoms with Crippen molar-refractivity contribution in [3.63, 3.8) is 0 Å². The molecule has 2 aromatic rings. The number of nitrogens with one attached hydrogen (secondary N) is 1. The van der Waals surface area contributed by atoms with Gasteiger partial charge in [-0.1, -0.05) is 19.3 Å². The summed E-state index contributed by atoms with van der Waals surface area (Å²) in [5.74, 6) is 1.68. The average Bonchev–Trinajstić information content (AvgIpc) is 3.10. The summed E-state index contributed by atoms with van der Waals surface area (Å²) in [6.07, 6.45) is 5.48. The average molecular weight is 346 g/mol. The number of carbonyl (C=O) groups excluding carboxylic acids is 1. The van der Waals surface area contributed by atoms with Crippen LogP contribution in [0.1, 0.15) is 32.1 Å². The molecule has 0 unspecified atom stereocenters. The second-order valence-corrected chi connectivity index (χ2v) is 6.79. The summed E-state index contributed by atoms with van der Waals surface area (Å²) in [6.45, 7) is 0. The minimum Gasteiger partial charge on any atom is -0.497 e. The molecule has 1 aliphatic rings. The van der Waals surface area contributed by atoms with Crippen molar-refractivity contribution in [3.05, 3.63) is 23.6 Å². The molecule has 0 bridgehead atoms. The molecule has 1 aromatic carbocycles. The quantitative estimate of drug-likeness (QED) is 0.874. The van der Waals surface area contributed by atoms with Crippen molar-refractivity contribution in [2.45, 2.75) is 32.1 Å². The van der Waals surface area contributed by atoms with E-state index in [1.165, 1.54) is 17.8 Å². The molecule has 1 fully saturated rings. The van der Waals surface area contributed by atoms with Crippen molar-refractivity contribution < 1.29 is 14.3 Å². The monoisotopic (exact) mass is 346 g/mol. The summed E-state index contributed by atoms with van der Waals surface area (Å²) in [5, 5.41) is 5.52. The van der Waals surface area contributed by atoms with Gasteiger partial charge < -0.3 is 14.8 Å². The standard InChI is InChI=1S/C18H22N2O3S/c1-22-13-8-9-16(23-2)14(10-13)15-11-24-18(19-15)20-17(21)12-6-4-3-5-7-12/h8-12H,3-7H2,1-2H3,(H,19,20,21). The van der Waals surface area contributed by atoms with Crippen molar-refractivity contribution in [1.82, 2.24) is 4.98 Å². The lowest BCUT2D eigenvalue weighted by Crippen LogP contribution is -2.24. The Morgan fingerprint density at radius 1 is 1.21 bits per heavy atom. The fourth-order valence-corrected chi connectivity index (χ4v) is 3.75. The lowest BCUT2D eigenvalue weighted by Gasteiger charge is -2.19. The number of hydrogen-bond donors (Lipinski definition) is 1. The zero-order valence-electron chi connectivity index (χ0n) is 14.0. The number of ether oxygens (including phenoxy) is 2. The molecule has 0 aliphatic heterocycles. The Morgan fingerprint density at radius 2 is 2.00 bits per heavy atom. The fourth-order valence-electron chi connectivity index (χ4n) is 3.04. The van der Waals surface area contributed by atoms with Crippen molar-refractivity contribution in [1.29, 1.82) is 0 Å². The number of aromatic nitrogens is 1. The van der Waals surface area contributed by atoms with Gasteiger partial charge in [-0.25, -0.2) is 4.98 Å². The predicted octanol–water partition coefficient (Wildman–Crippen LogP) is 4.35. The Kier molecular flexibility index (Phi) is 5.35. The van der Waals surface area contributed by atoms with Crippen LogP contribution in [-0.4, -0.2) is 25.1 Å². The van der Waals surface area contributed by atoms with Gasteiger partial charge in [0, 0.05) is 16.9 Å². The van der Waals surface area contributed by atoms with Gasteiger partial charge in [-0.15, -0.1) is 11.3 Å². The number of benzene rings is 1. The second kappa shape index (κ2) is 7.66. The molecule has 1 amide bonds. The Bertz CT molecular complexity index is 708. The van der Waals surface area contributed by atoms with Gasteiger partial charge in [-0.05, 0) is 31.0 Å². The summed E-state index contributed by atoms with van der Waals surface area (Å²) in [7, 11) is 3.26. The number of carbonyl (C=O) groups is 1. The van der Waals surface area contributed by atoms with Crippen LogP contribution in [0.15, 0.2) is 23.6 Å². The lowest BCUT2D eigenvalue weighted by molar-refractivity contribution is -0.120. The molecule has 1 N–H and O–H groups in total. The van der Waals surface area contributed by atoms with Crippen LogP contribution in [0.2, 0.25) is 0 Å². The van der Waals surface area contributed by atoms with Gasteiger partial charge in [0.15, 0.2) is 5.13 Å². The molecular weight excluding hydrogens is 324 g/mol. The van der Waals surface area contributed by atoms with E-state index in [2.05, 4.69) is 10.3 Å². The van der Waals surface area contributed by atoms with Crippen molar-refractivity contribution in [2.24, 2.45) is 5.92 Å². The first-order valence-electron chi connectivity index (χ1n) is 8.20. The first-order valence-corrected chi connectivity index (χ1v) is 9.08. The van der Waals surface area contributed by atoms with Crippen LogP contribution in [0.4, 0.5) is 5.13 Å². The second-order valence-electron chi connectivity index (χ2n) is 5.93. The van der Waals surface area contributed by atoms with Crippen LogP contribution in [0.25, 0.3) is 11.3 Å². The van der Waals surface area contributed by atoms with Gasteiger partial charge in [0.25, 0.3) is 0 Å². The number of thiazole rings is 1. The molecule has 5 nitrogen and oxygen atoms in total. The number of methoxy groups -OCH3 is 2. The molecule has 0 atom stereocenters. The SMILES string of the molecule is COc1ccc(OC)c(-c2csc(NC(=O)C3CCCCC3)n2)c1. The van der Waals surface area contributed by atoms with Crippen LogP contribution in [0, 0.1) is 5.92 Å². The predicted molar refractivity (Wildman–Crippen MR) is 95.9 cm³/mol. The Labute approximate surface area is 146 Å². The van der Waals surface area contributed by atoms with Gasteiger partial charge in [0.05, 0.1) is 19.9 Å². The first kappa shape index (κ1) is 16.8. The molecule has 3 rings (SSSR count). The van der Waals surface area contributed by atoms with E-state index < -0.39 is 0 Å². The van der Waals surface area contributed by atoms with Crippen molar-refractivity contribution in [2.75, 3.05) is 19.5 Å². The maximum Gasteiger partial charge on any atom is 0.229 e. The van der Waals surface area contributed by atoms with Crippen molar-refractivity contribution in [3.8, 4) is 22.8 Å². The third kappa shape index (κ3) is 3.70. The molecule has 0 spiro atoms. The summed E-state index contributed by atoms with van der Waals surface area (Å²) in [5.41, 5.74) is 1.63. The lowest BCUT2D eigenvalue weighted by atomic mass is 9.89. The highest BCUT2D eigenvalue weighted by Gasteiger charge is 2.22. The number of anilines is 1. The van der Waals surface area contributed by atoms with E-state index in [-0.39, 0.29) is 11.8 Å². The Morgan fingerprint density at radius 3 is 2.71 bits per heavy atom. The zero-order valence-corrected chi connectivity index (χ0v) is 14.8. The summed E-state index contributed by atoms with van der Waals surface area (Å²) >= 11 is 1.43. The number of rotatable bonds is 5. The summed E-state index contributed by atoms with van der Waals surface area (Å²) < 4.78 is 10.7. The zero-order chi connectivity index (χ0) is 16.9. The number of amides is 1. The summed E-state index contributed by atoms with van der Waals surface area (Å²) in [6, 6.07) is 5.59. The maximum atomic E-state index is 12.3. The maximum absolute atomic E-state index is 12.3. The molecule has 1 aromatic heterocycles. The molecule has 0 radical (unpaired) electrons. The van der Waals surface area contributed by atoms with Gasteiger partial charge in [-0.2, -0.15) is 0 Å². The van der Waals surface area contributed by atoms with Crippen LogP contribution in [0.3, 0.4) is 0 Å². The van der Waals surface area contributed by atoms with E-state index in [4.69, 9.17) is 9.47 Å². The van der Waals surface area contributed by atoms with Crippen molar-refractivity contribution >= 4 is 22.4 Å². The van der Waals surface area contributed by atoms with Crippen LogP contribution in [-0.2, 0) is 4.79 Å². The van der Waals surface area contributed by atoms with Crippen LogP contribution < -0.4 is 14.8 Å². The molecule has 128 valence electrons. The highest BCUT2D eigenvalue weighted by molar-refractivity contribution is 7.14. The molecule has 6 heteroatoms. The third-order valence-electron chi connectivity index (χ3n) is 4.39. The molecule has 24 heavy (non-hydrogen) atoms. The van der Waals surface area contributed by atoms with E-state index in [1.807, 2.05) is 23.6 Å². The first-order chi connectivity index (χ1) is 11.7. The minimum atomic E-state index is 0.0909.